The fourth-order valence-electron chi connectivity index (χ4n) is 4.08. The SMILES string of the molecule is CN=C(NCc1ccccc1OCCN1CCOCC1)NCC1(CCOC)CCC1.I. The van der Waals surface area contributed by atoms with Gasteiger partial charge in [0.2, 0.25) is 0 Å². The molecule has 2 fully saturated rings. The Hall–Kier alpha value is -1.10. The molecule has 8 heteroatoms. The van der Waals surface area contributed by atoms with Crippen molar-refractivity contribution in [2.75, 3.05) is 66.8 Å². The van der Waals surface area contributed by atoms with Crippen LogP contribution in [0.1, 0.15) is 31.2 Å². The first kappa shape index (κ1) is 26.2. The Morgan fingerprint density at radius 3 is 2.61 bits per heavy atom. The van der Waals surface area contributed by atoms with Crippen LogP contribution in [-0.2, 0) is 16.0 Å². The van der Waals surface area contributed by atoms with E-state index in [1.165, 1.54) is 19.3 Å². The van der Waals surface area contributed by atoms with Gasteiger partial charge < -0.3 is 24.8 Å². The molecule has 1 saturated heterocycles. The number of guanidine groups is 1. The summed E-state index contributed by atoms with van der Waals surface area (Å²) in [5.41, 5.74) is 1.49. The second-order valence-corrected chi connectivity index (χ2v) is 8.29. The number of benzene rings is 1. The molecule has 31 heavy (non-hydrogen) atoms. The van der Waals surface area contributed by atoms with Crippen LogP contribution in [0.15, 0.2) is 29.3 Å². The molecular formula is C23H39IN4O3. The van der Waals surface area contributed by atoms with Crippen LogP contribution >= 0.6 is 24.0 Å². The lowest BCUT2D eigenvalue weighted by Crippen LogP contribution is -2.46. The molecule has 1 aliphatic heterocycles. The second-order valence-electron chi connectivity index (χ2n) is 8.29. The highest BCUT2D eigenvalue weighted by molar-refractivity contribution is 14.0. The van der Waals surface area contributed by atoms with Gasteiger partial charge in [0.05, 0.1) is 13.2 Å². The number of hydrogen-bond acceptors (Lipinski definition) is 5. The zero-order chi connectivity index (χ0) is 21.1. The third-order valence-electron chi connectivity index (χ3n) is 6.29. The van der Waals surface area contributed by atoms with E-state index in [1.54, 1.807) is 7.11 Å². The van der Waals surface area contributed by atoms with E-state index in [-0.39, 0.29) is 24.0 Å². The predicted molar refractivity (Wildman–Crippen MR) is 136 cm³/mol. The number of nitrogens with zero attached hydrogens (tertiary/aromatic N) is 2. The van der Waals surface area contributed by atoms with E-state index >= 15 is 0 Å². The average molecular weight is 546 g/mol. The highest BCUT2D eigenvalue weighted by atomic mass is 127. The van der Waals surface area contributed by atoms with Gasteiger partial charge in [-0.05, 0) is 30.7 Å². The van der Waals surface area contributed by atoms with Crippen LogP contribution in [0, 0.1) is 5.41 Å². The maximum Gasteiger partial charge on any atom is 0.191 e. The van der Waals surface area contributed by atoms with Crippen LogP contribution in [0.2, 0.25) is 0 Å². The Labute approximate surface area is 204 Å². The molecule has 1 heterocycles. The lowest BCUT2D eigenvalue weighted by Gasteiger charge is -2.42. The smallest absolute Gasteiger partial charge is 0.191 e. The largest absolute Gasteiger partial charge is 0.492 e. The Morgan fingerprint density at radius 1 is 1.16 bits per heavy atom. The average Bonchev–Trinajstić information content (AvgIpc) is 2.76. The van der Waals surface area contributed by atoms with Crippen molar-refractivity contribution in [3.8, 4) is 5.75 Å². The number of rotatable bonds is 11. The van der Waals surface area contributed by atoms with Crippen LogP contribution in [-0.4, -0.2) is 77.6 Å². The number of methoxy groups -OCH3 is 1. The number of aliphatic imine (C=N–C) groups is 1. The van der Waals surface area contributed by atoms with Crippen LogP contribution in [0.25, 0.3) is 0 Å². The fourth-order valence-corrected chi connectivity index (χ4v) is 4.08. The molecule has 0 bridgehead atoms. The molecule has 7 nitrogen and oxygen atoms in total. The first-order chi connectivity index (χ1) is 14.7. The number of para-hydroxylation sites is 1. The maximum atomic E-state index is 6.09. The Kier molecular flexibility index (Phi) is 11.9. The first-order valence-electron chi connectivity index (χ1n) is 11.2. The van der Waals surface area contributed by atoms with Gasteiger partial charge >= 0.3 is 0 Å². The summed E-state index contributed by atoms with van der Waals surface area (Å²) in [7, 11) is 3.60. The minimum atomic E-state index is 0. The summed E-state index contributed by atoms with van der Waals surface area (Å²) in [5.74, 6) is 1.77. The number of morpholine rings is 1. The minimum absolute atomic E-state index is 0. The molecule has 0 atom stereocenters. The molecule has 0 unspecified atom stereocenters. The van der Waals surface area contributed by atoms with Gasteiger partial charge in [-0.3, -0.25) is 9.89 Å². The highest BCUT2D eigenvalue weighted by Crippen LogP contribution is 2.43. The molecular weight excluding hydrogens is 507 g/mol. The first-order valence-corrected chi connectivity index (χ1v) is 11.2. The zero-order valence-corrected chi connectivity index (χ0v) is 21.4. The topological polar surface area (TPSA) is 67.4 Å². The van der Waals surface area contributed by atoms with Crippen LogP contribution in [0.4, 0.5) is 0 Å². The molecule has 0 aromatic heterocycles. The van der Waals surface area contributed by atoms with Crippen molar-refractivity contribution < 1.29 is 14.2 Å². The van der Waals surface area contributed by atoms with Gasteiger partial charge in [0.1, 0.15) is 12.4 Å². The summed E-state index contributed by atoms with van der Waals surface area (Å²) >= 11 is 0. The monoisotopic (exact) mass is 546 g/mol. The van der Waals surface area contributed by atoms with Gasteiger partial charge in [0.25, 0.3) is 0 Å². The van der Waals surface area contributed by atoms with Crippen molar-refractivity contribution in [1.29, 1.82) is 0 Å². The van der Waals surface area contributed by atoms with Gasteiger partial charge in [-0.1, -0.05) is 24.6 Å². The van der Waals surface area contributed by atoms with Gasteiger partial charge in [-0.2, -0.15) is 0 Å². The van der Waals surface area contributed by atoms with Crippen LogP contribution in [0.5, 0.6) is 5.75 Å². The molecule has 1 aliphatic carbocycles. The van der Waals surface area contributed by atoms with E-state index in [9.17, 15) is 0 Å². The van der Waals surface area contributed by atoms with E-state index in [1.807, 2.05) is 19.2 Å². The molecule has 1 saturated carbocycles. The molecule has 2 N–H and O–H groups in total. The minimum Gasteiger partial charge on any atom is -0.492 e. The predicted octanol–water partition coefficient (Wildman–Crippen LogP) is 2.89. The van der Waals surface area contributed by atoms with Gasteiger partial charge in [0, 0.05) is 59.1 Å². The Bertz CT molecular complexity index is 664. The summed E-state index contributed by atoms with van der Waals surface area (Å²) in [6.45, 7) is 7.67. The Morgan fingerprint density at radius 2 is 1.94 bits per heavy atom. The number of nitrogens with one attached hydrogen (secondary N) is 2. The molecule has 3 rings (SSSR count). The Balaban J connectivity index is 0.00000341. The maximum absolute atomic E-state index is 6.09. The van der Waals surface area contributed by atoms with Crippen LogP contribution in [0.3, 0.4) is 0 Å². The van der Waals surface area contributed by atoms with Crippen molar-refractivity contribution >= 4 is 29.9 Å². The quantitative estimate of drug-likeness (QED) is 0.253. The van der Waals surface area contributed by atoms with Crippen molar-refractivity contribution in [2.24, 2.45) is 10.4 Å². The molecule has 1 aromatic carbocycles. The molecule has 2 aliphatic rings. The van der Waals surface area contributed by atoms with Crippen molar-refractivity contribution in [1.82, 2.24) is 15.5 Å². The summed E-state index contributed by atoms with van der Waals surface area (Å²) in [6, 6.07) is 8.23. The van der Waals surface area contributed by atoms with Crippen LogP contribution < -0.4 is 15.4 Å². The van der Waals surface area contributed by atoms with Crippen molar-refractivity contribution in [3.05, 3.63) is 29.8 Å². The highest BCUT2D eigenvalue weighted by Gasteiger charge is 2.36. The van der Waals surface area contributed by atoms with E-state index < -0.39 is 0 Å². The number of halogens is 1. The van der Waals surface area contributed by atoms with E-state index in [2.05, 4.69) is 32.7 Å². The number of ether oxygens (including phenoxy) is 3. The van der Waals surface area contributed by atoms with Gasteiger partial charge in [0.15, 0.2) is 5.96 Å². The normalized spacial score (nSPS) is 18.6. The summed E-state index contributed by atoms with van der Waals surface area (Å²) in [4.78, 5) is 6.79. The lowest BCUT2D eigenvalue weighted by molar-refractivity contribution is 0.0322. The number of hydrogen-bond donors (Lipinski definition) is 2. The summed E-state index contributed by atoms with van der Waals surface area (Å²) < 4.78 is 16.8. The summed E-state index contributed by atoms with van der Waals surface area (Å²) in [5, 5.41) is 6.96. The third kappa shape index (κ3) is 8.40. The molecule has 1 aromatic rings. The zero-order valence-electron chi connectivity index (χ0n) is 19.0. The van der Waals surface area contributed by atoms with Gasteiger partial charge in [-0.15, -0.1) is 24.0 Å². The van der Waals surface area contributed by atoms with E-state index in [4.69, 9.17) is 14.2 Å². The van der Waals surface area contributed by atoms with E-state index in [0.29, 0.717) is 18.6 Å². The lowest BCUT2D eigenvalue weighted by atomic mass is 9.67. The van der Waals surface area contributed by atoms with Gasteiger partial charge in [-0.25, -0.2) is 0 Å². The van der Waals surface area contributed by atoms with Crippen molar-refractivity contribution in [2.45, 2.75) is 32.2 Å². The molecule has 0 radical (unpaired) electrons. The molecule has 176 valence electrons. The molecule has 0 amide bonds. The fraction of sp³-hybridized carbons (Fsp3) is 0.696. The molecule has 0 spiro atoms. The summed E-state index contributed by atoms with van der Waals surface area (Å²) in [6.07, 6.45) is 4.94. The standard InChI is InChI=1S/C23H38N4O3.HI/c1-24-22(26-19-23(8-5-9-23)10-14-28-2)25-18-20-6-3-4-7-21(20)30-17-13-27-11-15-29-16-12-27;/h3-4,6-7H,5,8-19H2,1-2H3,(H2,24,25,26);1H. The third-order valence-corrected chi connectivity index (χ3v) is 6.29. The van der Waals surface area contributed by atoms with Crippen molar-refractivity contribution in [3.63, 3.8) is 0 Å². The second kappa shape index (κ2) is 14.1. The van der Waals surface area contributed by atoms with E-state index in [0.717, 1.165) is 69.7 Å².